The first-order valence-electron chi connectivity index (χ1n) is 19.6. The van der Waals surface area contributed by atoms with E-state index >= 15 is 0 Å². The van der Waals surface area contributed by atoms with Crippen LogP contribution in [0.4, 0.5) is 0 Å². The van der Waals surface area contributed by atoms with E-state index in [0.29, 0.717) is 17.4 Å². The monoisotopic (exact) mass is 745 g/mol. The zero-order valence-electron chi connectivity index (χ0n) is 33.2. The Morgan fingerprint density at radius 3 is 1.67 bits per heavy atom. The van der Waals surface area contributed by atoms with Crippen molar-refractivity contribution in [2.45, 2.75) is 129 Å². The van der Waals surface area contributed by atoms with Gasteiger partial charge in [0, 0.05) is 6.42 Å². The highest BCUT2D eigenvalue weighted by atomic mass is 31.2. The van der Waals surface area contributed by atoms with Crippen molar-refractivity contribution in [2.75, 3.05) is 40.9 Å². The van der Waals surface area contributed by atoms with Gasteiger partial charge < -0.3 is 28.8 Å². The smallest absolute Gasteiger partial charge is 0.268 e. The number of aliphatic hydroxyl groups excluding tert-OH is 1. The van der Waals surface area contributed by atoms with Gasteiger partial charge in [-0.3, -0.25) is 9.36 Å². The molecule has 296 valence electrons. The number of likely N-dealkylation sites (N-methyl/N-ethyl adjacent to an activating group) is 1. The SMILES string of the molecule is CC/C=C\C/C=C\C/C=C\C/C=C\C/C=C\C/C=C\C/C=C\CCCC(=O)NC(COP(=O)([O-])OCC[N+](C)(C)C)C(O)/C=C/CCCCCCC. The second-order valence-corrected chi connectivity index (χ2v) is 15.3. The predicted octanol–water partition coefficient (Wildman–Crippen LogP) is 9.77. The zero-order chi connectivity index (χ0) is 38.6. The van der Waals surface area contributed by atoms with Crippen molar-refractivity contribution in [2.24, 2.45) is 0 Å². The highest BCUT2D eigenvalue weighted by molar-refractivity contribution is 7.45. The Bertz CT molecular complexity index is 1160. The Balaban J connectivity index is 4.46. The van der Waals surface area contributed by atoms with Gasteiger partial charge in [0.15, 0.2) is 0 Å². The zero-order valence-corrected chi connectivity index (χ0v) is 34.1. The Kier molecular flexibility index (Phi) is 32.5. The summed E-state index contributed by atoms with van der Waals surface area (Å²) in [5.74, 6) is -0.266. The predicted molar refractivity (Wildman–Crippen MR) is 219 cm³/mol. The lowest BCUT2D eigenvalue weighted by atomic mass is 10.1. The van der Waals surface area contributed by atoms with E-state index in [0.717, 1.165) is 70.6 Å². The molecule has 0 heterocycles. The number of unbranched alkanes of at least 4 members (excludes halogenated alkanes) is 6. The molecule has 8 nitrogen and oxygen atoms in total. The van der Waals surface area contributed by atoms with Gasteiger partial charge in [-0.2, -0.15) is 0 Å². The van der Waals surface area contributed by atoms with E-state index in [4.69, 9.17) is 9.05 Å². The fourth-order valence-electron chi connectivity index (χ4n) is 4.67. The molecule has 0 aromatic carbocycles. The highest BCUT2D eigenvalue weighted by Gasteiger charge is 2.23. The molecule has 2 N–H and O–H groups in total. The van der Waals surface area contributed by atoms with Crippen LogP contribution in [0.1, 0.15) is 117 Å². The minimum atomic E-state index is -4.60. The van der Waals surface area contributed by atoms with Crippen LogP contribution in [0.25, 0.3) is 0 Å². The van der Waals surface area contributed by atoms with E-state index in [2.05, 4.69) is 104 Å². The molecule has 1 amide bonds. The molecule has 0 rings (SSSR count). The van der Waals surface area contributed by atoms with Gasteiger partial charge in [-0.25, -0.2) is 0 Å². The fourth-order valence-corrected chi connectivity index (χ4v) is 5.39. The summed E-state index contributed by atoms with van der Waals surface area (Å²) in [6.45, 7) is 4.37. The number of hydrogen-bond acceptors (Lipinski definition) is 6. The first-order valence-corrected chi connectivity index (χ1v) is 21.1. The van der Waals surface area contributed by atoms with E-state index in [1.54, 1.807) is 6.08 Å². The summed E-state index contributed by atoms with van der Waals surface area (Å²) in [6.07, 6.45) is 47.7. The van der Waals surface area contributed by atoms with Gasteiger partial charge in [-0.15, -0.1) is 0 Å². The van der Waals surface area contributed by atoms with Crippen LogP contribution in [0, 0.1) is 0 Å². The van der Waals surface area contributed by atoms with Gasteiger partial charge in [-0.1, -0.05) is 137 Å². The van der Waals surface area contributed by atoms with Crippen molar-refractivity contribution in [3.05, 3.63) is 97.2 Å². The molecule has 52 heavy (non-hydrogen) atoms. The second kappa shape index (κ2) is 34.2. The van der Waals surface area contributed by atoms with Crippen molar-refractivity contribution in [3.8, 4) is 0 Å². The number of nitrogens with zero attached hydrogens (tertiary/aromatic N) is 1. The third-order valence-electron chi connectivity index (χ3n) is 7.80. The van der Waals surface area contributed by atoms with Gasteiger partial charge in [0.1, 0.15) is 13.2 Å². The number of carbonyl (C=O) groups is 1. The molecule has 0 aromatic rings. The average Bonchev–Trinajstić information content (AvgIpc) is 3.09. The molecule has 0 aromatic heterocycles. The van der Waals surface area contributed by atoms with E-state index in [-0.39, 0.29) is 18.9 Å². The molecular formula is C43H73N2O6P. The Hall–Kier alpha value is -2.58. The Labute approximate surface area is 318 Å². The number of carbonyl (C=O) groups excluding carboxylic acids is 1. The largest absolute Gasteiger partial charge is 0.756 e. The maximum absolute atomic E-state index is 12.7. The minimum Gasteiger partial charge on any atom is -0.756 e. The van der Waals surface area contributed by atoms with Crippen molar-refractivity contribution < 1.29 is 32.9 Å². The summed E-state index contributed by atoms with van der Waals surface area (Å²) in [6, 6.07) is -0.920. The number of phosphoric ester groups is 1. The Morgan fingerprint density at radius 1 is 0.692 bits per heavy atom. The molecule has 9 heteroatoms. The minimum absolute atomic E-state index is 0.0185. The van der Waals surface area contributed by atoms with E-state index in [9.17, 15) is 19.4 Å². The number of phosphoric acid groups is 1. The lowest BCUT2D eigenvalue weighted by Crippen LogP contribution is -2.45. The second-order valence-electron chi connectivity index (χ2n) is 13.9. The molecular weight excluding hydrogens is 671 g/mol. The molecule has 0 spiro atoms. The normalized spacial score (nSPS) is 15.6. The van der Waals surface area contributed by atoms with Crippen LogP contribution in [0.2, 0.25) is 0 Å². The summed E-state index contributed by atoms with van der Waals surface area (Å²) in [5, 5.41) is 13.6. The van der Waals surface area contributed by atoms with Crippen LogP contribution in [-0.2, 0) is 18.4 Å². The molecule has 0 bridgehead atoms. The van der Waals surface area contributed by atoms with Crippen LogP contribution < -0.4 is 10.2 Å². The topological polar surface area (TPSA) is 108 Å². The maximum atomic E-state index is 12.7. The third kappa shape index (κ3) is 35.8. The van der Waals surface area contributed by atoms with Crippen LogP contribution in [0.5, 0.6) is 0 Å². The standard InChI is InChI=1S/C43H73N2O6P/c1-6-8-10-12-14-15-16-17-18-19-20-21-22-23-24-25-26-27-28-29-31-33-35-37-43(47)44-41(42(46)36-34-32-30-13-11-9-7-2)40-51-52(48,49)50-39-38-45(3,4)5/h8,10,14-15,17-18,20-21,23-24,26-27,29,31,34,36,41-42,46H,6-7,9,11-13,16,19,22,25,28,30,32-33,35,37-40H2,1-5H3,(H-,44,47,48,49)/b10-8-,15-14-,18-17-,21-20-,24-23-,27-26-,31-29-,36-34+. The molecule has 0 radical (unpaired) electrons. The van der Waals surface area contributed by atoms with Crippen LogP contribution in [-0.4, -0.2) is 68.5 Å². The number of amides is 1. The quantitative estimate of drug-likeness (QED) is 0.0300. The average molecular weight is 745 g/mol. The van der Waals surface area contributed by atoms with Gasteiger partial charge in [-0.05, 0) is 70.6 Å². The molecule has 0 aliphatic carbocycles. The maximum Gasteiger partial charge on any atom is 0.268 e. The molecule has 0 saturated heterocycles. The summed E-state index contributed by atoms with van der Waals surface area (Å²) in [4.78, 5) is 25.1. The van der Waals surface area contributed by atoms with Gasteiger partial charge in [0.05, 0.1) is 39.9 Å². The summed E-state index contributed by atoms with van der Waals surface area (Å²) in [5.41, 5.74) is 0. The molecule has 0 aliphatic heterocycles. The van der Waals surface area contributed by atoms with Crippen LogP contribution >= 0.6 is 7.82 Å². The van der Waals surface area contributed by atoms with Crippen LogP contribution in [0.3, 0.4) is 0 Å². The van der Waals surface area contributed by atoms with E-state index < -0.39 is 26.6 Å². The third-order valence-corrected chi connectivity index (χ3v) is 8.76. The van der Waals surface area contributed by atoms with E-state index in [1.807, 2.05) is 27.2 Å². The lowest BCUT2D eigenvalue weighted by Gasteiger charge is -2.29. The fraction of sp³-hybridized carbons (Fsp3) is 0.605. The number of quaternary nitrogens is 1. The number of rotatable bonds is 33. The number of allylic oxidation sites excluding steroid dienone is 15. The summed E-state index contributed by atoms with van der Waals surface area (Å²) in [7, 11) is 1.20. The molecule has 0 aliphatic rings. The molecule has 3 atom stereocenters. The van der Waals surface area contributed by atoms with Crippen molar-refractivity contribution in [1.82, 2.24) is 5.32 Å². The molecule has 0 fully saturated rings. The van der Waals surface area contributed by atoms with Crippen molar-refractivity contribution in [3.63, 3.8) is 0 Å². The Morgan fingerprint density at radius 2 is 1.17 bits per heavy atom. The van der Waals surface area contributed by atoms with Gasteiger partial charge in [0.2, 0.25) is 5.91 Å². The first kappa shape index (κ1) is 49.4. The van der Waals surface area contributed by atoms with Gasteiger partial charge >= 0.3 is 0 Å². The van der Waals surface area contributed by atoms with Gasteiger partial charge in [0.25, 0.3) is 7.82 Å². The summed E-state index contributed by atoms with van der Waals surface area (Å²) < 4.78 is 23.0. The van der Waals surface area contributed by atoms with Crippen molar-refractivity contribution in [1.29, 1.82) is 0 Å². The first-order chi connectivity index (χ1) is 25.0. The molecule has 3 unspecified atom stereocenters. The number of hydrogen-bond donors (Lipinski definition) is 2. The lowest BCUT2D eigenvalue weighted by molar-refractivity contribution is -0.870. The van der Waals surface area contributed by atoms with Crippen molar-refractivity contribution >= 4 is 13.7 Å². The van der Waals surface area contributed by atoms with E-state index in [1.165, 1.54) is 19.3 Å². The number of aliphatic hydroxyl groups is 1. The number of nitrogens with one attached hydrogen (secondary N) is 1. The molecule has 0 saturated carbocycles. The van der Waals surface area contributed by atoms with Crippen LogP contribution in [0.15, 0.2) is 97.2 Å². The summed E-state index contributed by atoms with van der Waals surface area (Å²) >= 11 is 0. The highest BCUT2D eigenvalue weighted by Crippen LogP contribution is 2.38.